The Bertz CT molecular complexity index is 386. The number of hydrazine groups is 2. The predicted octanol–water partition coefficient (Wildman–Crippen LogP) is -0.744. The van der Waals surface area contributed by atoms with Gasteiger partial charge in [0.2, 0.25) is 5.96 Å². The average molecular weight is 239 g/mol. The number of guanidine groups is 1. The minimum absolute atomic E-state index is 0.141. The minimum Gasteiger partial charge on any atom is -0.375 e. The Balaban J connectivity index is 2.64. The summed E-state index contributed by atoms with van der Waals surface area (Å²) in [5.74, 6) is 5.22. The maximum absolute atomic E-state index is 5.39. The summed E-state index contributed by atoms with van der Waals surface area (Å²) in [6.07, 6.45) is 0. The molecule has 0 heterocycles. The van der Waals surface area contributed by atoms with E-state index in [4.69, 9.17) is 17.3 Å². The molecule has 0 radical (unpaired) electrons. The molecular formula is C8H13N7S. The summed E-state index contributed by atoms with van der Waals surface area (Å²) in [6.45, 7) is 0. The Kier molecular flexibility index (Phi) is 4.30. The van der Waals surface area contributed by atoms with E-state index in [-0.39, 0.29) is 11.1 Å². The molecule has 0 saturated carbocycles. The normalized spacial score (nSPS) is 10.7. The number of anilines is 1. The lowest BCUT2D eigenvalue weighted by Crippen LogP contribution is -2.36. The van der Waals surface area contributed by atoms with E-state index in [0.29, 0.717) is 5.69 Å². The highest BCUT2D eigenvalue weighted by molar-refractivity contribution is 7.80. The molecule has 0 atom stereocenters. The molecular weight excluding hydrogens is 226 g/mol. The van der Waals surface area contributed by atoms with E-state index in [9.17, 15) is 0 Å². The van der Waals surface area contributed by atoms with Gasteiger partial charge in [0, 0.05) is 0 Å². The lowest BCUT2D eigenvalue weighted by Gasteiger charge is -2.07. The molecule has 0 aliphatic carbocycles. The summed E-state index contributed by atoms with van der Waals surface area (Å²) in [7, 11) is 0. The van der Waals surface area contributed by atoms with Crippen LogP contribution in [0, 0.1) is 0 Å². The van der Waals surface area contributed by atoms with E-state index in [1.54, 1.807) is 24.3 Å². The van der Waals surface area contributed by atoms with Crippen LogP contribution in [0.4, 0.5) is 11.4 Å². The van der Waals surface area contributed by atoms with Crippen LogP contribution in [0.3, 0.4) is 0 Å². The van der Waals surface area contributed by atoms with Gasteiger partial charge >= 0.3 is 0 Å². The number of aliphatic imine (C=N–C) groups is 1. The zero-order valence-corrected chi connectivity index (χ0v) is 9.21. The number of nitrogens with zero attached hydrogens (tertiary/aromatic N) is 1. The zero-order chi connectivity index (χ0) is 12.0. The van der Waals surface area contributed by atoms with Gasteiger partial charge in [-0.3, -0.25) is 16.3 Å². The molecule has 8 heteroatoms. The van der Waals surface area contributed by atoms with E-state index >= 15 is 0 Å². The monoisotopic (exact) mass is 239 g/mol. The third-order valence-corrected chi connectivity index (χ3v) is 1.70. The van der Waals surface area contributed by atoms with Gasteiger partial charge in [-0.25, -0.2) is 10.8 Å². The number of benzene rings is 1. The Labute approximate surface area is 98.0 Å². The number of thiocarbonyl (C=S) groups is 1. The van der Waals surface area contributed by atoms with Crippen molar-refractivity contribution in [3.8, 4) is 0 Å². The third kappa shape index (κ3) is 3.98. The molecule has 0 unspecified atom stereocenters. The van der Waals surface area contributed by atoms with E-state index in [1.165, 1.54) is 0 Å². The van der Waals surface area contributed by atoms with Crippen LogP contribution in [0.15, 0.2) is 29.3 Å². The van der Waals surface area contributed by atoms with Gasteiger partial charge in [0.25, 0.3) is 0 Å². The standard InChI is InChI=1S/C8H13N7S/c9-7(13-11)12-5-1-3-6(4-2-5)14-15-8(10)16/h1-4,14H,11H2,(H3,9,12,13)(H3,10,15,16). The van der Waals surface area contributed by atoms with Gasteiger partial charge in [0.1, 0.15) is 0 Å². The Hall–Kier alpha value is -2.06. The summed E-state index contributed by atoms with van der Waals surface area (Å²) < 4.78 is 0. The molecule has 86 valence electrons. The molecule has 9 N–H and O–H groups in total. The highest BCUT2D eigenvalue weighted by atomic mass is 32.1. The summed E-state index contributed by atoms with van der Waals surface area (Å²) >= 11 is 4.64. The van der Waals surface area contributed by atoms with E-state index in [1.807, 2.05) is 0 Å². The zero-order valence-electron chi connectivity index (χ0n) is 8.40. The second-order valence-electron chi connectivity index (χ2n) is 2.80. The molecule has 0 aliphatic heterocycles. The Morgan fingerprint density at radius 3 is 2.31 bits per heavy atom. The third-order valence-electron chi connectivity index (χ3n) is 1.59. The molecule has 1 rings (SSSR count). The molecule has 0 aromatic heterocycles. The minimum atomic E-state index is 0.141. The number of nitrogens with two attached hydrogens (primary N) is 3. The van der Waals surface area contributed by atoms with Crippen molar-refractivity contribution in [1.29, 1.82) is 0 Å². The second kappa shape index (κ2) is 5.73. The van der Waals surface area contributed by atoms with E-state index in [2.05, 4.69) is 33.5 Å². The van der Waals surface area contributed by atoms with E-state index in [0.717, 1.165) is 5.69 Å². The molecule has 1 aromatic rings. The lowest BCUT2D eigenvalue weighted by atomic mass is 10.3. The van der Waals surface area contributed by atoms with Crippen molar-refractivity contribution in [3.63, 3.8) is 0 Å². The van der Waals surface area contributed by atoms with Crippen molar-refractivity contribution >= 4 is 34.7 Å². The van der Waals surface area contributed by atoms with Crippen molar-refractivity contribution in [2.45, 2.75) is 0 Å². The first kappa shape index (κ1) is 12.0. The van der Waals surface area contributed by atoms with Gasteiger partial charge < -0.3 is 11.5 Å². The van der Waals surface area contributed by atoms with Crippen molar-refractivity contribution in [3.05, 3.63) is 24.3 Å². The lowest BCUT2D eigenvalue weighted by molar-refractivity contribution is 1.01. The first-order valence-corrected chi connectivity index (χ1v) is 4.75. The predicted molar refractivity (Wildman–Crippen MR) is 68.6 cm³/mol. The van der Waals surface area contributed by atoms with Crippen LogP contribution in [-0.2, 0) is 0 Å². The highest BCUT2D eigenvalue weighted by Gasteiger charge is 1.94. The van der Waals surface area contributed by atoms with Gasteiger partial charge in [-0.05, 0) is 36.5 Å². The number of nitrogens with one attached hydrogen (secondary N) is 3. The summed E-state index contributed by atoms with van der Waals surface area (Å²) in [5.41, 5.74) is 19.8. The molecule has 7 nitrogen and oxygen atoms in total. The smallest absolute Gasteiger partial charge is 0.208 e. The summed E-state index contributed by atoms with van der Waals surface area (Å²) in [4.78, 5) is 3.97. The molecule has 16 heavy (non-hydrogen) atoms. The summed E-state index contributed by atoms with van der Waals surface area (Å²) in [6, 6.07) is 7.09. The first-order valence-electron chi connectivity index (χ1n) is 4.34. The molecule has 0 aliphatic rings. The van der Waals surface area contributed by atoms with Gasteiger partial charge in [0.15, 0.2) is 5.11 Å². The maximum atomic E-state index is 5.39. The van der Waals surface area contributed by atoms with Gasteiger partial charge in [-0.1, -0.05) is 0 Å². The number of hydrogen-bond donors (Lipinski definition) is 6. The second-order valence-corrected chi connectivity index (χ2v) is 3.24. The summed E-state index contributed by atoms with van der Waals surface area (Å²) in [5, 5.41) is 0.165. The van der Waals surface area contributed by atoms with Gasteiger partial charge in [-0.15, -0.1) is 0 Å². The average Bonchev–Trinajstić information content (AvgIpc) is 2.28. The number of rotatable bonds is 3. The molecule has 0 bridgehead atoms. The Morgan fingerprint density at radius 1 is 1.19 bits per heavy atom. The SMILES string of the molecule is NNC(N)=Nc1ccc(NNC(N)=S)cc1. The van der Waals surface area contributed by atoms with Gasteiger partial charge in [0.05, 0.1) is 11.4 Å². The molecule has 0 amide bonds. The van der Waals surface area contributed by atoms with Crippen molar-refractivity contribution in [2.75, 3.05) is 5.43 Å². The Morgan fingerprint density at radius 2 is 1.81 bits per heavy atom. The van der Waals surface area contributed by atoms with Crippen LogP contribution in [0.25, 0.3) is 0 Å². The number of hydrogen-bond acceptors (Lipinski definition) is 4. The van der Waals surface area contributed by atoms with Gasteiger partial charge in [-0.2, -0.15) is 0 Å². The maximum Gasteiger partial charge on any atom is 0.208 e. The molecule has 0 spiro atoms. The fourth-order valence-corrected chi connectivity index (χ4v) is 0.975. The molecule has 1 aromatic carbocycles. The fourth-order valence-electron chi connectivity index (χ4n) is 0.924. The topological polar surface area (TPSA) is 127 Å². The van der Waals surface area contributed by atoms with Crippen LogP contribution >= 0.6 is 12.2 Å². The van der Waals surface area contributed by atoms with Crippen molar-refractivity contribution < 1.29 is 0 Å². The van der Waals surface area contributed by atoms with Crippen LogP contribution in [0.5, 0.6) is 0 Å². The highest BCUT2D eigenvalue weighted by Crippen LogP contribution is 2.15. The quantitative estimate of drug-likeness (QED) is 0.135. The van der Waals surface area contributed by atoms with Crippen molar-refractivity contribution in [1.82, 2.24) is 10.9 Å². The van der Waals surface area contributed by atoms with Crippen LogP contribution in [-0.4, -0.2) is 11.1 Å². The largest absolute Gasteiger partial charge is 0.375 e. The molecule has 0 fully saturated rings. The van der Waals surface area contributed by atoms with Crippen molar-refractivity contribution in [2.24, 2.45) is 22.3 Å². The van der Waals surface area contributed by atoms with Crippen LogP contribution in [0.2, 0.25) is 0 Å². The van der Waals surface area contributed by atoms with Crippen LogP contribution < -0.4 is 33.6 Å². The van der Waals surface area contributed by atoms with E-state index < -0.39 is 0 Å². The fraction of sp³-hybridized carbons (Fsp3) is 0. The van der Waals surface area contributed by atoms with Crippen LogP contribution in [0.1, 0.15) is 0 Å². The first-order chi connectivity index (χ1) is 7.61. The molecule has 0 saturated heterocycles.